The van der Waals surface area contributed by atoms with Gasteiger partial charge in [0.15, 0.2) is 11.5 Å². The van der Waals surface area contributed by atoms with Gasteiger partial charge in [0.2, 0.25) is 5.88 Å². The number of rotatable bonds is 6. The van der Waals surface area contributed by atoms with Gasteiger partial charge in [-0.15, -0.1) is 5.10 Å². The van der Waals surface area contributed by atoms with Crippen molar-refractivity contribution in [1.29, 1.82) is 0 Å². The zero-order chi connectivity index (χ0) is 22.5. The highest BCUT2D eigenvalue weighted by Crippen LogP contribution is 2.39. The topological polar surface area (TPSA) is 126 Å². The van der Waals surface area contributed by atoms with Crippen molar-refractivity contribution in [3.8, 4) is 28.7 Å². The van der Waals surface area contributed by atoms with E-state index in [-0.39, 0.29) is 0 Å². The van der Waals surface area contributed by atoms with Crippen molar-refractivity contribution in [3.05, 3.63) is 36.8 Å². The normalized spacial score (nSPS) is 13.5. The van der Waals surface area contributed by atoms with Crippen LogP contribution < -0.4 is 10.1 Å². The van der Waals surface area contributed by atoms with Crippen LogP contribution in [0.25, 0.3) is 33.8 Å². The average Bonchev–Trinajstić information content (AvgIpc) is 3.27. The minimum Gasteiger partial charge on any atom is -0.481 e. The van der Waals surface area contributed by atoms with Gasteiger partial charge in [0.05, 0.1) is 31.2 Å². The number of aromatic nitrogens is 10. The third-order valence-corrected chi connectivity index (χ3v) is 5.65. The van der Waals surface area contributed by atoms with Gasteiger partial charge in [0, 0.05) is 43.4 Å². The number of anilines is 2. The van der Waals surface area contributed by atoms with Crippen LogP contribution in [0.2, 0.25) is 0 Å². The van der Waals surface area contributed by atoms with Gasteiger partial charge in [0.1, 0.15) is 17.3 Å². The molecule has 0 amide bonds. The minimum absolute atomic E-state index is 0.341. The molecule has 0 atom stereocenters. The number of nitrogens with zero attached hydrogens (tertiary/aromatic N) is 10. The van der Waals surface area contributed by atoms with E-state index in [1.54, 1.807) is 41.1 Å². The molecule has 12 nitrogen and oxygen atoms in total. The van der Waals surface area contributed by atoms with Crippen LogP contribution in [0.5, 0.6) is 5.88 Å². The van der Waals surface area contributed by atoms with Gasteiger partial charge in [-0.25, -0.2) is 19.3 Å². The van der Waals surface area contributed by atoms with E-state index in [1.807, 2.05) is 30.9 Å². The molecule has 1 N–H and O–H groups in total. The molecule has 0 bridgehead atoms. The van der Waals surface area contributed by atoms with Crippen molar-refractivity contribution >= 4 is 22.7 Å². The van der Waals surface area contributed by atoms with Crippen LogP contribution in [-0.2, 0) is 14.1 Å². The molecule has 12 heteroatoms. The Hall–Kier alpha value is -4.35. The van der Waals surface area contributed by atoms with Crippen molar-refractivity contribution in [2.75, 3.05) is 12.4 Å². The van der Waals surface area contributed by atoms with Gasteiger partial charge in [-0.3, -0.25) is 4.68 Å². The second-order valence-electron chi connectivity index (χ2n) is 7.94. The molecule has 6 rings (SSSR count). The molecule has 0 spiro atoms. The maximum absolute atomic E-state index is 5.24. The molecule has 166 valence electrons. The van der Waals surface area contributed by atoms with E-state index in [1.165, 1.54) is 0 Å². The summed E-state index contributed by atoms with van der Waals surface area (Å²) < 4.78 is 10.7. The summed E-state index contributed by atoms with van der Waals surface area (Å²) in [5, 5.41) is 21.7. The van der Waals surface area contributed by atoms with Gasteiger partial charge in [-0.05, 0) is 18.9 Å². The highest BCUT2D eigenvalue weighted by Gasteiger charge is 2.28. The highest BCUT2D eigenvalue weighted by atomic mass is 16.5. The Balaban J connectivity index is 1.44. The van der Waals surface area contributed by atoms with Crippen LogP contribution in [0.4, 0.5) is 11.6 Å². The average molecular weight is 443 g/mol. The lowest BCUT2D eigenvalue weighted by atomic mass is 10.1. The lowest BCUT2D eigenvalue weighted by molar-refractivity contribution is 0.397. The van der Waals surface area contributed by atoms with Crippen LogP contribution in [0, 0.1) is 0 Å². The van der Waals surface area contributed by atoms with Crippen molar-refractivity contribution < 1.29 is 4.74 Å². The molecule has 33 heavy (non-hydrogen) atoms. The van der Waals surface area contributed by atoms with Gasteiger partial charge >= 0.3 is 0 Å². The SMILES string of the molecule is COc1ccnc(-c2cc(Nc3cc(-c4cnnn4C)c4cnn(C)c4n3)n(C3CC3)n2)n1. The van der Waals surface area contributed by atoms with Crippen molar-refractivity contribution in [3.63, 3.8) is 0 Å². The summed E-state index contributed by atoms with van der Waals surface area (Å²) in [4.78, 5) is 13.6. The number of hydrogen-bond donors (Lipinski definition) is 1. The van der Waals surface area contributed by atoms with Gasteiger partial charge in [-0.2, -0.15) is 15.2 Å². The predicted octanol–water partition coefficient (Wildman–Crippen LogP) is 2.50. The Labute approximate surface area is 188 Å². The van der Waals surface area contributed by atoms with E-state index in [9.17, 15) is 0 Å². The molecule has 5 heterocycles. The summed E-state index contributed by atoms with van der Waals surface area (Å²) in [6.07, 6.45) is 7.36. The zero-order valence-electron chi connectivity index (χ0n) is 18.3. The number of hydrogen-bond acceptors (Lipinski definition) is 9. The fraction of sp³-hybridized carbons (Fsp3) is 0.286. The second-order valence-corrected chi connectivity index (χ2v) is 7.94. The van der Waals surface area contributed by atoms with Crippen LogP contribution in [0.1, 0.15) is 18.9 Å². The first-order valence-corrected chi connectivity index (χ1v) is 10.5. The standard InChI is InChI=1S/C21H21N11O/c1-30-16(11-23-29-30)13-8-17(26-21-14(13)10-24-31(21)2)25-18-9-15(28-32(18)12-4-5-12)20-22-7-6-19(27-20)33-3/h6-12H,4-5H2,1-3H3,(H,25,26). The molecule has 1 aliphatic rings. The summed E-state index contributed by atoms with van der Waals surface area (Å²) in [7, 11) is 5.31. The number of methoxy groups -OCH3 is 1. The third kappa shape index (κ3) is 3.35. The summed E-state index contributed by atoms with van der Waals surface area (Å²) in [5.74, 6) is 2.49. The van der Waals surface area contributed by atoms with Crippen molar-refractivity contribution in [2.45, 2.75) is 18.9 Å². The van der Waals surface area contributed by atoms with Crippen LogP contribution in [0.15, 0.2) is 36.8 Å². The Morgan fingerprint density at radius 2 is 1.97 bits per heavy atom. The number of fused-ring (bicyclic) bond motifs is 1. The zero-order valence-corrected chi connectivity index (χ0v) is 18.3. The molecule has 0 aromatic carbocycles. The molecule has 5 aromatic heterocycles. The first-order valence-electron chi connectivity index (χ1n) is 10.5. The molecular formula is C21H21N11O. The summed E-state index contributed by atoms with van der Waals surface area (Å²) >= 11 is 0. The smallest absolute Gasteiger partial charge is 0.216 e. The number of pyridine rings is 1. The van der Waals surface area contributed by atoms with Gasteiger partial charge in [0.25, 0.3) is 0 Å². The summed E-state index contributed by atoms with van der Waals surface area (Å²) in [6, 6.07) is 5.97. The number of ether oxygens (including phenoxy) is 1. The largest absolute Gasteiger partial charge is 0.481 e. The maximum Gasteiger partial charge on any atom is 0.216 e. The molecule has 1 fully saturated rings. The lowest BCUT2D eigenvalue weighted by Crippen LogP contribution is -2.05. The fourth-order valence-corrected chi connectivity index (χ4v) is 3.83. The van der Waals surface area contributed by atoms with Crippen molar-refractivity contribution in [2.24, 2.45) is 14.1 Å². The first kappa shape index (κ1) is 19.3. The molecule has 1 aliphatic carbocycles. The Bertz CT molecular complexity index is 1480. The van der Waals surface area contributed by atoms with Gasteiger partial charge < -0.3 is 10.1 Å². The molecule has 0 radical (unpaired) electrons. The Morgan fingerprint density at radius 1 is 1.09 bits per heavy atom. The van der Waals surface area contributed by atoms with Crippen molar-refractivity contribution in [1.82, 2.24) is 49.5 Å². The van der Waals surface area contributed by atoms with E-state index in [2.05, 4.69) is 30.7 Å². The minimum atomic E-state index is 0.341. The maximum atomic E-state index is 5.24. The third-order valence-electron chi connectivity index (χ3n) is 5.65. The second kappa shape index (κ2) is 7.36. The van der Waals surface area contributed by atoms with Crippen LogP contribution in [-0.4, -0.2) is 56.6 Å². The van der Waals surface area contributed by atoms with E-state index in [4.69, 9.17) is 14.8 Å². The monoisotopic (exact) mass is 443 g/mol. The number of nitrogens with one attached hydrogen (secondary N) is 1. The fourth-order valence-electron chi connectivity index (χ4n) is 3.83. The van der Waals surface area contributed by atoms with E-state index < -0.39 is 0 Å². The molecule has 5 aromatic rings. The molecule has 0 aliphatic heterocycles. The van der Waals surface area contributed by atoms with E-state index in [0.29, 0.717) is 29.3 Å². The van der Waals surface area contributed by atoms with Crippen LogP contribution >= 0.6 is 0 Å². The summed E-state index contributed by atoms with van der Waals surface area (Å²) in [5.41, 5.74) is 3.24. The number of aryl methyl sites for hydroxylation is 2. The van der Waals surface area contributed by atoms with E-state index in [0.717, 1.165) is 41.0 Å². The quantitative estimate of drug-likeness (QED) is 0.421. The molecular weight excluding hydrogens is 422 g/mol. The predicted molar refractivity (Wildman–Crippen MR) is 120 cm³/mol. The molecule has 0 saturated heterocycles. The Kier molecular flexibility index (Phi) is 4.31. The summed E-state index contributed by atoms with van der Waals surface area (Å²) in [6.45, 7) is 0. The highest BCUT2D eigenvalue weighted by molar-refractivity contribution is 5.93. The lowest BCUT2D eigenvalue weighted by Gasteiger charge is -2.11. The molecule has 0 unspecified atom stereocenters. The van der Waals surface area contributed by atoms with Crippen LogP contribution in [0.3, 0.4) is 0 Å². The molecule has 1 saturated carbocycles. The Morgan fingerprint density at radius 3 is 2.73 bits per heavy atom. The van der Waals surface area contributed by atoms with E-state index >= 15 is 0 Å². The first-order chi connectivity index (χ1) is 16.1. The van der Waals surface area contributed by atoms with Gasteiger partial charge in [-0.1, -0.05) is 5.21 Å².